The smallest absolute Gasteiger partial charge is 0.124 e. The Bertz CT molecular complexity index is 269. The molecule has 0 atom stereocenters. The number of rotatable bonds is 6. The van der Waals surface area contributed by atoms with Gasteiger partial charge >= 0.3 is 0 Å². The van der Waals surface area contributed by atoms with E-state index < -0.39 is 0 Å². The molecule has 0 amide bonds. The van der Waals surface area contributed by atoms with Crippen molar-refractivity contribution < 1.29 is 9.53 Å². The van der Waals surface area contributed by atoms with Gasteiger partial charge in [-0.05, 0) is 17.7 Å². The summed E-state index contributed by atoms with van der Waals surface area (Å²) in [5, 5.41) is 3.20. The van der Waals surface area contributed by atoms with E-state index >= 15 is 0 Å². The number of hydrogen-bond acceptors (Lipinski definition) is 3. The fourth-order valence-corrected chi connectivity index (χ4v) is 1.15. The van der Waals surface area contributed by atoms with Crippen LogP contribution in [0.25, 0.3) is 0 Å². The standard InChI is InChI=1S/C11H15NO2/c1-14-9-7-12-11-4-2-10(3-5-11)6-8-13/h2-5,8,12H,6-7,9H2,1H3. The van der Waals surface area contributed by atoms with Gasteiger partial charge in [0.2, 0.25) is 0 Å². The van der Waals surface area contributed by atoms with Crippen LogP contribution in [0, 0.1) is 0 Å². The van der Waals surface area contributed by atoms with Crippen molar-refractivity contribution in [3.05, 3.63) is 29.8 Å². The van der Waals surface area contributed by atoms with Crippen LogP contribution in [0.3, 0.4) is 0 Å². The third-order valence-corrected chi connectivity index (χ3v) is 1.91. The summed E-state index contributed by atoms with van der Waals surface area (Å²) in [4.78, 5) is 10.2. The number of aldehydes is 1. The van der Waals surface area contributed by atoms with E-state index in [2.05, 4.69) is 5.32 Å². The highest BCUT2D eigenvalue weighted by atomic mass is 16.5. The second-order valence-electron chi connectivity index (χ2n) is 2.99. The summed E-state index contributed by atoms with van der Waals surface area (Å²) < 4.78 is 4.92. The van der Waals surface area contributed by atoms with Crippen molar-refractivity contribution >= 4 is 12.0 Å². The minimum Gasteiger partial charge on any atom is -0.383 e. The summed E-state index contributed by atoms with van der Waals surface area (Å²) in [5.41, 5.74) is 2.09. The van der Waals surface area contributed by atoms with E-state index in [0.29, 0.717) is 13.0 Å². The maximum absolute atomic E-state index is 10.2. The first-order chi connectivity index (χ1) is 6.86. The lowest BCUT2D eigenvalue weighted by Gasteiger charge is -2.05. The SMILES string of the molecule is COCCNc1ccc(CC=O)cc1. The summed E-state index contributed by atoms with van der Waals surface area (Å²) in [6.07, 6.45) is 1.39. The van der Waals surface area contributed by atoms with Crippen molar-refractivity contribution in [3.63, 3.8) is 0 Å². The maximum Gasteiger partial charge on any atom is 0.124 e. The summed E-state index contributed by atoms with van der Waals surface area (Å²) in [6.45, 7) is 1.49. The topological polar surface area (TPSA) is 38.3 Å². The molecule has 0 aromatic heterocycles. The van der Waals surface area contributed by atoms with E-state index in [1.165, 1.54) is 0 Å². The van der Waals surface area contributed by atoms with Crippen LogP contribution in [0.15, 0.2) is 24.3 Å². The molecule has 1 aromatic rings. The Morgan fingerprint density at radius 3 is 2.64 bits per heavy atom. The number of hydrogen-bond donors (Lipinski definition) is 1. The van der Waals surface area contributed by atoms with Gasteiger partial charge in [-0.1, -0.05) is 12.1 Å². The lowest BCUT2D eigenvalue weighted by molar-refractivity contribution is -0.107. The van der Waals surface area contributed by atoms with Gasteiger partial charge in [-0.25, -0.2) is 0 Å². The fourth-order valence-electron chi connectivity index (χ4n) is 1.15. The average molecular weight is 193 g/mol. The van der Waals surface area contributed by atoms with Gasteiger partial charge in [0, 0.05) is 25.8 Å². The Balaban J connectivity index is 2.42. The lowest BCUT2D eigenvalue weighted by atomic mass is 10.1. The third-order valence-electron chi connectivity index (χ3n) is 1.91. The van der Waals surface area contributed by atoms with Crippen LogP contribution in [0.1, 0.15) is 5.56 Å². The van der Waals surface area contributed by atoms with Gasteiger partial charge < -0.3 is 14.8 Å². The zero-order valence-electron chi connectivity index (χ0n) is 8.32. The van der Waals surface area contributed by atoms with Crippen LogP contribution in [-0.2, 0) is 16.0 Å². The van der Waals surface area contributed by atoms with Gasteiger partial charge in [-0.2, -0.15) is 0 Å². The van der Waals surface area contributed by atoms with Gasteiger partial charge in [0.15, 0.2) is 0 Å². The Morgan fingerprint density at radius 1 is 1.36 bits per heavy atom. The number of nitrogens with one attached hydrogen (secondary N) is 1. The highest BCUT2D eigenvalue weighted by molar-refractivity contribution is 5.56. The van der Waals surface area contributed by atoms with Gasteiger partial charge in [-0.3, -0.25) is 0 Å². The predicted octanol–water partition coefficient (Wildman–Crippen LogP) is 1.49. The Labute approximate surface area is 84.1 Å². The molecule has 0 radical (unpaired) electrons. The first kappa shape index (κ1) is 10.7. The van der Waals surface area contributed by atoms with Crippen molar-refractivity contribution in [2.45, 2.75) is 6.42 Å². The van der Waals surface area contributed by atoms with Crippen molar-refractivity contribution in [2.24, 2.45) is 0 Å². The van der Waals surface area contributed by atoms with Gasteiger partial charge in [0.25, 0.3) is 0 Å². The molecule has 0 spiro atoms. The highest BCUT2D eigenvalue weighted by Gasteiger charge is 1.93. The van der Waals surface area contributed by atoms with Crippen molar-refractivity contribution in [3.8, 4) is 0 Å². The molecule has 0 fully saturated rings. The second-order valence-corrected chi connectivity index (χ2v) is 2.99. The largest absolute Gasteiger partial charge is 0.383 e. The number of carbonyl (C=O) groups excluding carboxylic acids is 1. The van der Waals surface area contributed by atoms with Crippen molar-refractivity contribution in [1.29, 1.82) is 0 Å². The molecule has 0 aliphatic carbocycles. The second kappa shape index (κ2) is 6.16. The third kappa shape index (κ3) is 3.58. The Kier molecular flexibility index (Phi) is 4.72. The quantitative estimate of drug-likeness (QED) is 0.549. The predicted molar refractivity (Wildman–Crippen MR) is 56.6 cm³/mol. The molecule has 76 valence electrons. The van der Waals surface area contributed by atoms with E-state index in [1.807, 2.05) is 24.3 Å². The molecule has 0 aliphatic heterocycles. The van der Waals surface area contributed by atoms with Crippen molar-refractivity contribution in [2.75, 3.05) is 25.6 Å². The Hall–Kier alpha value is -1.35. The molecule has 0 aliphatic rings. The van der Waals surface area contributed by atoms with Crippen molar-refractivity contribution in [1.82, 2.24) is 0 Å². The first-order valence-electron chi connectivity index (χ1n) is 4.62. The van der Waals surface area contributed by atoms with E-state index in [-0.39, 0.29) is 0 Å². The molecule has 0 unspecified atom stereocenters. The molecule has 3 nitrogen and oxygen atoms in total. The molecule has 0 heterocycles. The van der Waals surface area contributed by atoms with Crippen LogP contribution in [0.4, 0.5) is 5.69 Å². The first-order valence-corrected chi connectivity index (χ1v) is 4.62. The van der Waals surface area contributed by atoms with Crippen LogP contribution in [0.2, 0.25) is 0 Å². The summed E-state index contributed by atoms with van der Waals surface area (Å²) >= 11 is 0. The minimum absolute atomic E-state index is 0.484. The van der Waals surface area contributed by atoms with Crippen LogP contribution in [-0.4, -0.2) is 26.5 Å². The van der Waals surface area contributed by atoms with E-state index in [4.69, 9.17) is 4.74 Å². The summed E-state index contributed by atoms with van der Waals surface area (Å²) in [5.74, 6) is 0. The molecule has 14 heavy (non-hydrogen) atoms. The molecule has 1 rings (SSSR count). The normalized spacial score (nSPS) is 9.79. The zero-order chi connectivity index (χ0) is 10.2. The molecule has 0 saturated heterocycles. The van der Waals surface area contributed by atoms with Crippen LogP contribution in [0.5, 0.6) is 0 Å². The summed E-state index contributed by atoms with van der Waals surface area (Å²) in [6, 6.07) is 7.83. The van der Waals surface area contributed by atoms with Gasteiger partial charge in [0.1, 0.15) is 6.29 Å². The molecule has 1 aromatic carbocycles. The average Bonchev–Trinajstić information content (AvgIpc) is 2.21. The zero-order valence-corrected chi connectivity index (χ0v) is 8.32. The number of ether oxygens (including phenoxy) is 1. The maximum atomic E-state index is 10.2. The van der Waals surface area contributed by atoms with Crippen LogP contribution >= 0.6 is 0 Å². The molecular weight excluding hydrogens is 178 g/mol. The molecule has 1 N–H and O–H groups in total. The number of anilines is 1. The fraction of sp³-hybridized carbons (Fsp3) is 0.364. The van der Waals surface area contributed by atoms with E-state index in [9.17, 15) is 4.79 Å². The molecule has 0 bridgehead atoms. The van der Waals surface area contributed by atoms with Crippen LogP contribution < -0.4 is 5.32 Å². The monoisotopic (exact) mass is 193 g/mol. The minimum atomic E-state index is 0.484. The number of carbonyl (C=O) groups is 1. The summed E-state index contributed by atoms with van der Waals surface area (Å²) in [7, 11) is 1.68. The lowest BCUT2D eigenvalue weighted by Crippen LogP contribution is -2.07. The van der Waals surface area contributed by atoms with E-state index in [0.717, 1.165) is 24.1 Å². The van der Waals surface area contributed by atoms with E-state index in [1.54, 1.807) is 7.11 Å². The van der Waals surface area contributed by atoms with Gasteiger partial charge in [0.05, 0.1) is 6.61 Å². The highest BCUT2D eigenvalue weighted by Crippen LogP contribution is 2.08. The Morgan fingerprint density at radius 2 is 2.07 bits per heavy atom. The number of benzene rings is 1. The molecule has 3 heteroatoms. The number of methoxy groups -OCH3 is 1. The van der Waals surface area contributed by atoms with Gasteiger partial charge in [-0.15, -0.1) is 0 Å². The molecular formula is C11H15NO2. The molecule has 0 saturated carbocycles.